The van der Waals surface area contributed by atoms with Gasteiger partial charge in [0, 0.05) is 0 Å². The van der Waals surface area contributed by atoms with Crippen molar-refractivity contribution >= 4 is 35.1 Å². The summed E-state index contributed by atoms with van der Waals surface area (Å²) in [6, 6.07) is 4.32. The van der Waals surface area contributed by atoms with Gasteiger partial charge in [0.15, 0.2) is 4.84 Å². The molecule has 1 aromatic carbocycles. The van der Waals surface area contributed by atoms with E-state index in [2.05, 4.69) is 5.32 Å². The van der Waals surface area contributed by atoms with Crippen LogP contribution in [0.4, 0.5) is 4.39 Å². The molecule has 0 heterocycles. The van der Waals surface area contributed by atoms with Gasteiger partial charge in [-0.05, 0) is 17.7 Å². The molecule has 0 fully saturated rings. The highest BCUT2D eigenvalue weighted by molar-refractivity contribution is 6.53. The standard InChI is InChI=1S/C14H16Cl2FNO5/c15-12(16)13(21)18-10(7-17)11(20)8-1-3-9(4-2-8)14(22)23-6-5-19/h1-4,10-12,19-20H,5-7H2,(H,18,21). The number of rotatable bonds is 8. The third-order valence-corrected chi connectivity index (χ3v) is 3.28. The summed E-state index contributed by atoms with van der Waals surface area (Å²) < 4.78 is 17.7. The summed E-state index contributed by atoms with van der Waals surface area (Å²) in [5, 5.41) is 20.9. The number of ether oxygens (including phenoxy) is 1. The molecular weight excluding hydrogens is 352 g/mol. The third-order valence-electron chi connectivity index (χ3n) is 2.89. The van der Waals surface area contributed by atoms with Crippen molar-refractivity contribution in [1.82, 2.24) is 5.32 Å². The van der Waals surface area contributed by atoms with Crippen LogP contribution in [0.15, 0.2) is 24.3 Å². The van der Waals surface area contributed by atoms with Crippen LogP contribution in [0.3, 0.4) is 0 Å². The van der Waals surface area contributed by atoms with E-state index >= 15 is 0 Å². The number of carbonyl (C=O) groups excluding carboxylic acids is 2. The highest BCUT2D eigenvalue weighted by Gasteiger charge is 2.25. The van der Waals surface area contributed by atoms with Crippen molar-refractivity contribution in [2.75, 3.05) is 19.9 Å². The summed E-state index contributed by atoms with van der Waals surface area (Å²) in [6.45, 7) is -1.45. The van der Waals surface area contributed by atoms with E-state index in [0.29, 0.717) is 0 Å². The predicted molar refractivity (Wildman–Crippen MR) is 82.2 cm³/mol. The Morgan fingerprint density at radius 3 is 2.35 bits per heavy atom. The summed E-state index contributed by atoms with van der Waals surface area (Å²) in [6.07, 6.45) is -1.35. The Morgan fingerprint density at radius 1 is 1.26 bits per heavy atom. The first-order valence-electron chi connectivity index (χ1n) is 6.61. The van der Waals surface area contributed by atoms with E-state index in [1.165, 1.54) is 24.3 Å². The van der Waals surface area contributed by atoms with Gasteiger partial charge >= 0.3 is 5.97 Å². The lowest BCUT2D eigenvalue weighted by Crippen LogP contribution is -2.43. The lowest BCUT2D eigenvalue weighted by Gasteiger charge is -2.22. The summed E-state index contributed by atoms with van der Waals surface area (Å²) in [5.74, 6) is -1.46. The normalized spacial score (nSPS) is 13.5. The molecule has 0 saturated heterocycles. The minimum Gasteiger partial charge on any atom is -0.460 e. The molecule has 1 rings (SSSR count). The lowest BCUT2D eigenvalue weighted by atomic mass is 10.0. The summed E-state index contributed by atoms with van der Waals surface area (Å²) >= 11 is 10.7. The van der Waals surface area contributed by atoms with E-state index in [4.69, 9.17) is 33.0 Å². The number of nitrogens with one attached hydrogen (secondary N) is 1. The molecule has 0 radical (unpaired) electrons. The molecule has 23 heavy (non-hydrogen) atoms. The fraction of sp³-hybridized carbons (Fsp3) is 0.429. The van der Waals surface area contributed by atoms with Crippen LogP contribution >= 0.6 is 23.2 Å². The van der Waals surface area contributed by atoms with Crippen LogP contribution in [0.2, 0.25) is 0 Å². The van der Waals surface area contributed by atoms with Crippen LogP contribution in [-0.2, 0) is 9.53 Å². The van der Waals surface area contributed by atoms with Gasteiger partial charge in [0.2, 0.25) is 0 Å². The average Bonchev–Trinajstić information content (AvgIpc) is 2.56. The molecule has 2 unspecified atom stereocenters. The van der Waals surface area contributed by atoms with Crippen LogP contribution < -0.4 is 5.32 Å². The number of halogens is 3. The minimum absolute atomic E-state index is 0.128. The van der Waals surface area contributed by atoms with Crippen molar-refractivity contribution in [3.05, 3.63) is 35.4 Å². The molecule has 9 heteroatoms. The number of hydrogen-bond donors (Lipinski definition) is 3. The number of amides is 1. The van der Waals surface area contributed by atoms with Gasteiger partial charge in [0.05, 0.1) is 18.2 Å². The van der Waals surface area contributed by atoms with E-state index in [0.717, 1.165) is 0 Å². The van der Waals surface area contributed by atoms with E-state index in [-0.39, 0.29) is 24.3 Å². The molecule has 0 spiro atoms. The van der Waals surface area contributed by atoms with E-state index in [1.54, 1.807) is 0 Å². The number of aliphatic hydroxyl groups is 2. The number of esters is 1. The SMILES string of the molecule is O=C(OCCO)c1ccc(C(O)C(CF)NC(=O)C(Cl)Cl)cc1. The number of benzene rings is 1. The van der Waals surface area contributed by atoms with Crippen molar-refractivity contribution in [1.29, 1.82) is 0 Å². The Balaban J connectivity index is 2.77. The van der Waals surface area contributed by atoms with E-state index in [1.807, 2.05) is 0 Å². The van der Waals surface area contributed by atoms with Gasteiger partial charge in [-0.15, -0.1) is 0 Å². The third kappa shape index (κ3) is 5.95. The zero-order valence-corrected chi connectivity index (χ0v) is 13.4. The topological polar surface area (TPSA) is 95.9 Å². The molecular formula is C14H16Cl2FNO5. The second-order valence-electron chi connectivity index (χ2n) is 4.50. The zero-order valence-electron chi connectivity index (χ0n) is 11.9. The van der Waals surface area contributed by atoms with Crippen LogP contribution in [-0.4, -0.2) is 52.9 Å². The first kappa shape index (κ1) is 19.6. The molecule has 0 aliphatic heterocycles. The highest BCUT2D eigenvalue weighted by Crippen LogP contribution is 2.19. The molecule has 0 saturated carbocycles. The maximum atomic E-state index is 13.0. The lowest BCUT2D eigenvalue weighted by molar-refractivity contribution is -0.121. The Kier molecular flexibility index (Phi) is 8.25. The maximum absolute atomic E-state index is 13.0. The van der Waals surface area contributed by atoms with Gasteiger partial charge in [0.1, 0.15) is 19.4 Å². The van der Waals surface area contributed by atoms with Gasteiger partial charge < -0.3 is 20.3 Å². The Labute approximate surface area is 142 Å². The molecule has 0 bridgehead atoms. The second-order valence-corrected chi connectivity index (χ2v) is 5.59. The molecule has 1 amide bonds. The maximum Gasteiger partial charge on any atom is 0.338 e. The first-order valence-corrected chi connectivity index (χ1v) is 7.48. The largest absolute Gasteiger partial charge is 0.460 e. The van der Waals surface area contributed by atoms with Gasteiger partial charge in [0.25, 0.3) is 5.91 Å². The number of carbonyl (C=O) groups is 2. The molecule has 1 aromatic rings. The molecule has 6 nitrogen and oxygen atoms in total. The van der Waals surface area contributed by atoms with E-state index < -0.39 is 35.5 Å². The van der Waals surface area contributed by atoms with Crippen molar-refractivity contribution < 1.29 is 28.9 Å². The Hall–Kier alpha value is -1.41. The summed E-state index contributed by atoms with van der Waals surface area (Å²) in [7, 11) is 0. The minimum atomic E-state index is -1.38. The monoisotopic (exact) mass is 367 g/mol. The Morgan fingerprint density at radius 2 is 1.87 bits per heavy atom. The summed E-state index contributed by atoms with van der Waals surface area (Å²) in [4.78, 5) is 21.5. The number of aliphatic hydroxyl groups excluding tert-OH is 2. The van der Waals surface area contributed by atoms with Crippen molar-refractivity contribution in [2.45, 2.75) is 17.0 Å². The quantitative estimate of drug-likeness (QED) is 0.472. The van der Waals surface area contributed by atoms with Crippen molar-refractivity contribution in [2.24, 2.45) is 0 Å². The zero-order chi connectivity index (χ0) is 17.4. The van der Waals surface area contributed by atoms with Gasteiger partial charge in [-0.2, -0.15) is 0 Å². The molecule has 0 aliphatic carbocycles. The molecule has 3 N–H and O–H groups in total. The second kappa shape index (κ2) is 9.67. The van der Waals surface area contributed by atoms with Crippen LogP contribution in [0.1, 0.15) is 22.0 Å². The van der Waals surface area contributed by atoms with Gasteiger partial charge in [-0.1, -0.05) is 35.3 Å². The first-order chi connectivity index (χ1) is 10.9. The average molecular weight is 368 g/mol. The van der Waals surface area contributed by atoms with Gasteiger partial charge in [-0.3, -0.25) is 4.79 Å². The fourth-order valence-corrected chi connectivity index (χ4v) is 1.84. The molecule has 0 aliphatic rings. The number of alkyl halides is 3. The fourth-order valence-electron chi connectivity index (χ4n) is 1.72. The van der Waals surface area contributed by atoms with Gasteiger partial charge in [-0.25, -0.2) is 9.18 Å². The summed E-state index contributed by atoms with van der Waals surface area (Å²) in [5.41, 5.74) is 0.490. The van der Waals surface area contributed by atoms with Crippen molar-refractivity contribution in [3.8, 4) is 0 Å². The van der Waals surface area contributed by atoms with Crippen LogP contribution in [0.5, 0.6) is 0 Å². The predicted octanol–water partition coefficient (Wildman–Crippen LogP) is 1.13. The van der Waals surface area contributed by atoms with Crippen LogP contribution in [0, 0.1) is 0 Å². The smallest absolute Gasteiger partial charge is 0.338 e. The van der Waals surface area contributed by atoms with E-state index in [9.17, 15) is 19.1 Å². The molecule has 2 atom stereocenters. The molecule has 0 aromatic heterocycles. The number of hydrogen-bond acceptors (Lipinski definition) is 5. The van der Waals surface area contributed by atoms with Crippen molar-refractivity contribution in [3.63, 3.8) is 0 Å². The Bertz CT molecular complexity index is 526. The molecule has 128 valence electrons. The van der Waals surface area contributed by atoms with Crippen LogP contribution in [0.25, 0.3) is 0 Å². The highest BCUT2D eigenvalue weighted by atomic mass is 35.5.